The molecule has 1 fully saturated rings. The van der Waals surface area contributed by atoms with E-state index in [1.807, 2.05) is 32.6 Å². The maximum absolute atomic E-state index is 12.2. The van der Waals surface area contributed by atoms with Crippen LogP contribution in [-0.4, -0.2) is 64.8 Å². The minimum atomic E-state index is -0.828. The molecule has 1 aliphatic rings. The Morgan fingerprint density at radius 1 is 1.40 bits per heavy atom. The highest BCUT2D eigenvalue weighted by atomic mass is 16.6. The van der Waals surface area contributed by atoms with Crippen molar-refractivity contribution in [2.75, 3.05) is 26.2 Å². The standard InChI is InChI=1S/C14H26N2O4/c1-5-16(13(19)20-14(2,3)4)11-7-6-8-15(9-11)10-12(17)18/h11H,5-10H2,1-4H3,(H,17,18). The van der Waals surface area contributed by atoms with Gasteiger partial charge in [-0.25, -0.2) is 4.79 Å². The van der Waals surface area contributed by atoms with Crippen molar-refractivity contribution >= 4 is 12.1 Å². The van der Waals surface area contributed by atoms with Gasteiger partial charge in [0.05, 0.1) is 6.54 Å². The molecule has 1 aliphatic heterocycles. The SMILES string of the molecule is CCN(C(=O)OC(C)(C)C)C1CCCN(CC(=O)O)C1. The lowest BCUT2D eigenvalue weighted by Crippen LogP contribution is -2.52. The number of rotatable bonds is 4. The summed E-state index contributed by atoms with van der Waals surface area (Å²) in [5.41, 5.74) is -0.514. The normalized spacial score (nSPS) is 20.5. The Morgan fingerprint density at radius 2 is 2.05 bits per heavy atom. The highest BCUT2D eigenvalue weighted by molar-refractivity contribution is 5.69. The van der Waals surface area contributed by atoms with Crippen LogP contribution in [0, 0.1) is 0 Å². The Balaban J connectivity index is 2.64. The van der Waals surface area contributed by atoms with Gasteiger partial charge in [-0.1, -0.05) is 0 Å². The largest absolute Gasteiger partial charge is 0.480 e. The molecule has 1 unspecified atom stereocenters. The minimum absolute atomic E-state index is 0.0301. The quantitative estimate of drug-likeness (QED) is 0.853. The summed E-state index contributed by atoms with van der Waals surface area (Å²) in [6, 6.07) is 0.0305. The first-order chi connectivity index (χ1) is 9.23. The van der Waals surface area contributed by atoms with E-state index < -0.39 is 11.6 Å². The number of hydrogen-bond acceptors (Lipinski definition) is 4. The molecule has 1 heterocycles. The minimum Gasteiger partial charge on any atom is -0.480 e. The van der Waals surface area contributed by atoms with Crippen LogP contribution >= 0.6 is 0 Å². The maximum Gasteiger partial charge on any atom is 0.410 e. The van der Waals surface area contributed by atoms with E-state index in [2.05, 4.69) is 0 Å². The predicted molar refractivity (Wildman–Crippen MR) is 75.7 cm³/mol. The topological polar surface area (TPSA) is 70.1 Å². The van der Waals surface area contributed by atoms with Gasteiger partial charge in [0.2, 0.25) is 0 Å². The van der Waals surface area contributed by atoms with Gasteiger partial charge in [0.25, 0.3) is 0 Å². The van der Waals surface area contributed by atoms with Gasteiger partial charge in [-0.15, -0.1) is 0 Å². The van der Waals surface area contributed by atoms with E-state index in [1.165, 1.54) is 0 Å². The van der Waals surface area contributed by atoms with Gasteiger partial charge in [-0.05, 0) is 47.1 Å². The first kappa shape index (κ1) is 16.8. The number of carbonyl (C=O) groups is 2. The maximum atomic E-state index is 12.2. The van der Waals surface area contributed by atoms with E-state index in [-0.39, 0.29) is 18.7 Å². The van der Waals surface area contributed by atoms with Gasteiger partial charge >= 0.3 is 12.1 Å². The van der Waals surface area contributed by atoms with E-state index in [4.69, 9.17) is 9.84 Å². The Labute approximate surface area is 120 Å². The zero-order valence-corrected chi connectivity index (χ0v) is 12.9. The Bertz CT molecular complexity index is 352. The lowest BCUT2D eigenvalue weighted by molar-refractivity contribution is -0.138. The third kappa shape index (κ3) is 5.36. The van der Waals surface area contributed by atoms with Crippen LogP contribution in [0.2, 0.25) is 0 Å². The van der Waals surface area contributed by atoms with E-state index in [0.29, 0.717) is 13.1 Å². The number of amides is 1. The number of likely N-dealkylation sites (N-methyl/N-ethyl adjacent to an activating group) is 1. The average molecular weight is 286 g/mol. The molecule has 6 nitrogen and oxygen atoms in total. The molecule has 0 aromatic rings. The molecular weight excluding hydrogens is 260 g/mol. The van der Waals surface area contributed by atoms with Gasteiger partial charge in [0.15, 0.2) is 0 Å². The zero-order valence-electron chi connectivity index (χ0n) is 12.9. The van der Waals surface area contributed by atoms with Crippen LogP contribution in [0.15, 0.2) is 0 Å². The summed E-state index contributed by atoms with van der Waals surface area (Å²) in [7, 11) is 0. The Kier molecular flexibility index (Phi) is 5.80. The van der Waals surface area contributed by atoms with Crippen LogP contribution in [-0.2, 0) is 9.53 Å². The summed E-state index contributed by atoms with van der Waals surface area (Å²) < 4.78 is 5.41. The second-order valence-corrected chi connectivity index (χ2v) is 6.19. The van der Waals surface area contributed by atoms with Crippen molar-refractivity contribution in [2.24, 2.45) is 0 Å². The molecule has 0 aromatic heterocycles. The molecule has 1 amide bonds. The number of nitrogens with zero attached hydrogens (tertiary/aromatic N) is 2. The fourth-order valence-electron chi connectivity index (χ4n) is 2.48. The fraction of sp³-hybridized carbons (Fsp3) is 0.857. The molecule has 116 valence electrons. The van der Waals surface area contributed by atoms with Gasteiger partial charge < -0.3 is 14.7 Å². The van der Waals surface area contributed by atoms with Crippen LogP contribution in [0.5, 0.6) is 0 Å². The van der Waals surface area contributed by atoms with E-state index in [9.17, 15) is 9.59 Å². The van der Waals surface area contributed by atoms with Crippen molar-refractivity contribution in [1.29, 1.82) is 0 Å². The molecule has 1 rings (SSSR count). The number of ether oxygens (including phenoxy) is 1. The van der Waals surface area contributed by atoms with Gasteiger partial charge in [-0.2, -0.15) is 0 Å². The average Bonchev–Trinajstić information content (AvgIpc) is 2.26. The van der Waals surface area contributed by atoms with Crippen molar-refractivity contribution in [1.82, 2.24) is 9.80 Å². The smallest absolute Gasteiger partial charge is 0.410 e. The monoisotopic (exact) mass is 286 g/mol. The Morgan fingerprint density at radius 3 is 2.55 bits per heavy atom. The Hall–Kier alpha value is -1.30. The number of aliphatic carboxylic acids is 1. The molecule has 1 N–H and O–H groups in total. The fourth-order valence-corrected chi connectivity index (χ4v) is 2.48. The molecule has 1 saturated heterocycles. The van der Waals surface area contributed by atoms with Crippen LogP contribution in [0.1, 0.15) is 40.5 Å². The summed E-state index contributed by atoms with van der Waals surface area (Å²) in [4.78, 5) is 26.6. The lowest BCUT2D eigenvalue weighted by atomic mass is 10.0. The van der Waals surface area contributed by atoms with E-state index >= 15 is 0 Å². The molecule has 6 heteroatoms. The summed E-state index contributed by atoms with van der Waals surface area (Å²) in [5.74, 6) is -0.828. The van der Waals surface area contributed by atoms with Crippen LogP contribution in [0.4, 0.5) is 4.79 Å². The third-order valence-corrected chi connectivity index (χ3v) is 3.25. The summed E-state index contributed by atoms with van der Waals surface area (Å²) in [6.07, 6.45) is 1.47. The van der Waals surface area contributed by atoms with Gasteiger partial charge in [-0.3, -0.25) is 9.69 Å². The van der Waals surface area contributed by atoms with Crippen molar-refractivity contribution < 1.29 is 19.4 Å². The summed E-state index contributed by atoms with van der Waals surface area (Å²) >= 11 is 0. The highest BCUT2D eigenvalue weighted by Crippen LogP contribution is 2.18. The summed E-state index contributed by atoms with van der Waals surface area (Å²) in [6.45, 7) is 9.42. The highest BCUT2D eigenvalue weighted by Gasteiger charge is 2.31. The first-order valence-electron chi connectivity index (χ1n) is 7.16. The van der Waals surface area contributed by atoms with Crippen molar-refractivity contribution in [3.8, 4) is 0 Å². The molecule has 0 aliphatic carbocycles. The van der Waals surface area contributed by atoms with Crippen LogP contribution in [0.25, 0.3) is 0 Å². The summed E-state index contributed by atoms with van der Waals surface area (Å²) in [5, 5.41) is 8.86. The third-order valence-electron chi connectivity index (χ3n) is 3.25. The van der Waals surface area contributed by atoms with Crippen molar-refractivity contribution in [3.63, 3.8) is 0 Å². The van der Waals surface area contributed by atoms with Gasteiger partial charge in [0.1, 0.15) is 5.60 Å². The zero-order chi connectivity index (χ0) is 15.3. The first-order valence-corrected chi connectivity index (χ1v) is 7.16. The molecular formula is C14H26N2O4. The van der Waals surface area contributed by atoms with Crippen LogP contribution < -0.4 is 0 Å². The number of carbonyl (C=O) groups excluding carboxylic acids is 1. The number of carboxylic acid groups (broad SMARTS) is 1. The second kappa shape index (κ2) is 6.92. The van der Waals surface area contributed by atoms with Crippen molar-refractivity contribution in [2.45, 2.75) is 52.2 Å². The van der Waals surface area contributed by atoms with Gasteiger partial charge in [0, 0.05) is 19.1 Å². The van der Waals surface area contributed by atoms with E-state index in [0.717, 1.165) is 19.4 Å². The number of carboxylic acids is 1. The molecule has 0 bridgehead atoms. The molecule has 20 heavy (non-hydrogen) atoms. The number of piperidine rings is 1. The van der Waals surface area contributed by atoms with E-state index in [1.54, 1.807) is 4.90 Å². The van der Waals surface area contributed by atoms with Crippen LogP contribution in [0.3, 0.4) is 0 Å². The molecule has 1 atom stereocenters. The number of likely N-dealkylation sites (tertiary alicyclic amines) is 1. The second-order valence-electron chi connectivity index (χ2n) is 6.19. The van der Waals surface area contributed by atoms with Crippen molar-refractivity contribution in [3.05, 3.63) is 0 Å². The molecule has 0 aromatic carbocycles. The molecule has 0 spiro atoms. The molecule has 0 radical (unpaired) electrons. The molecule has 0 saturated carbocycles. The lowest BCUT2D eigenvalue weighted by Gasteiger charge is -2.38. The number of hydrogen-bond donors (Lipinski definition) is 1. The predicted octanol–water partition coefficient (Wildman–Crippen LogP) is 1.79.